The summed E-state index contributed by atoms with van der Waals surface area (Å²) < 4.78 is 0. The molecule has 1 N–H and O–H groups in total. The standard InChI is InChI=1S/C23H16Cl2N2O2S/c1-14-5-2-3-8-19(14)26-20-21(30-18-11-9-15(24)10-12-18)23(29)27(22(20)28)17-7-4-6-16(25)13-17/h2-13,26H,1H3. The molecular formula is C23H16Cl2N2O2S. The minimum atomic E-state index is -0.429. The summed E-state index contributed by atoms with van der Waals surface area (Å²) in [6.07, 6.45) is 0. The van der Waals surface area contributed by atoms with E-state index in [1.165, 1.54) is 11.8 Å². The molecule has 0 fully saturated rings. The van der Waals surface area contributed by atoms with Crippen LogP contribution < -0.4 is 10.2 Å². The van der Waals surface area contributed by atoms with E-state index in [0.29, 0.717) is 20.6 Å². The Morgan fingerprint density at radius 2 is 1.57 bits per heavy atom. The molecule has 0 aromatic heterocycles. The van der Waals surface area contributed by atoms with E-state index in [4.69, 9.17) is 23.2 Å². The molecule has 0 bridgehead atoms. The topological polar surface area (TPSA) is 49.4 Å². The Balaban J connectivity index is 1.76. The van der Waals surface area contributed by atoms with Crippen LogP contribution in [0.5, 0.6) is 0 Å². The van der Waals surface area contributed by atoms with Gasteiger partial charge in [-0.15, -0.1) is 0 Å². The second-order valence-corrected chi connectivity index (χ2v) is 8.58. The lowest BCUT2D eigenvalue weighted by Gasteiger charge is -2.15. The van der Waals surface area contributed by atoms with Crippen molar-refractivity contribution in [1.29, 1.82) is 0 Å². The summed E-state index contributed by atoms with van der Waals surface area (Å²) in [5, 5.41) is 4.22. The molecule has 0 saturated carbocycles. The highest BCUT2D eigenvalue weighted by atomic mass is 35.5. The third-order valence-corrected chi connectivity index (χ3v) is 6.12. The highest BCUT2D eigenvalue weighted by Gasteiger charge is 2.40. The predicted molar refractivity (Wildman–Crippen MR) is 123 cm³/mol. The van der Waals surface area contributed by atoms with Crippen molar-refractivity contribution in [3.05, 3.63) is 99.0 Å². The molecule has 1 heterocycles. The van der Waals surface area contributed by atoms with Crippen LogP contribution >= 0.6 is 35.0 Å². The largest absolute Gasteiger partial charge is 0.350 e. The molecule has 4 rings (SSSR count). The van der Waals surface area contributed by atoms with Gasteiger partial charge >= 0.3 is 0 Å². The van der Waals surface area contributed by atoms with Gasteiger partial charge in [0.2, 0.25) is 0 Å². The quantitative estimate of drug-likeness (QED) is 0.460. The molecule has 1 aliphatic heterocycles. The van der Waals surface area contributed by atoms with Crippen molar-refractivity contribution in [2.45, 2.75) is 11.8 Å². The zero-order chi connectivity index (χ0) is 21.3. The van der Waals surface area contributed by atoms with Crippen molar-refractivity contribution >= 4 is 58.2 Å². The first-order valence-electron chi connectivity index (χ1n) is 9.09. The summed E-state index contributed by atoms with van der Waals surface area (Å²) in [4.78, 5) is 28.9. The fourth-order valence-corrected chi connectivity index (χ4v) is 4.27. The minimum absolute atomic E-state index is 0.231. The molecule has 150 valence electrons. The number of nitrogens with one attached hydrogen (secondary N) is 1. The third kappa shape index (κ3) is 4.10. The van der Waals surface area contributed by atoms with Gasteiger partial charge in [0, 0.05) is 20.6 Å². The number of halogens is 2. The monoisotopic (exact) mass is 454 g/mol. The summed E-state index contributed by atoms with van der Waals surface area (Å²) in [5.41, 5.74) is 2.38. The average molecular weight is 455 g/mol. The number of hydrogen-bond donors (Lipinski definition) is 1. The van der Waals surface area contributed by atoms with E-state index in [-0.39, 0.29) is 5.70 Å². The number of nitrogens with zero attached hydrogens (tertiary/aromatic N) is 1. The maximum atomic E-state index is 13.3. The number of aryl methyl sites for hydroxylation is 1. The summed E-state index contributed by atoms with van der Waals surface area (Å²) in [5.74, 6) is -0.833. The van der Waals surface area contributed by atoms with E-state index < -0.39 is 11.8 Å². The number of rotatable bonds is 5. The molecule has 0 saturated heterocycles. The number of imide groups is 1. The van der Waals surface area contributed by atoms with Gasteiger partial charge in [0.25, 0.3) is 11.8 Å². The smallest absolute Gasteiger partial charge is 0.283 e. The molecular weight excluding hydrogens is 439 g/mol. The number of benzene rings is 3. The fraction of sp³-hybridized carbons (Fsp3) is 0.0435. The Hall–Kier alpha value is -2.73. The molecule has 7 heteroatoms. The highest BCUT2D eigenvalue weighted by molar-refractivity contribution is 8.04. The van der Waals surface area contributed by atoms with Crippen LogP contribution in [0.4, 0.5) is 11.4 Å². The van der Waals surface area contributed by atoms with Crippen LogP contribution in [0.1, 0.15) is 5.56 Å². The Morgan fingerprint density at radius 1 is 0.833 bits per heavy atom. The fourth-order valence-electron chi connectivity index (χ4n) is 3.03. The highest BCUT2D eigenvalue weighted by Crippen LogP contribution is 2.38. The molecule has 4 nitrogen and oxygen atoms in total. The Kier molecular flexibility index (Phi) is 5.86. The first-order chi connectivity index (χ1) is 14.4. The summed E-state index contributed by atoms with van der Waals surface area (Å²) in [6, 6.07) is 21.4. The van der Waals surface area contributed by atoms with E-state index in [1.807, 2.05) is 43.3 Å². The van der Waals surface area contributed by atoms with Crippen molar-refractivity contribution in [1.82, 2.24) is 0 Å². The zero-order valence-corrected chi connectivity index (χ0v) is 18.2. The Morgan fingerprint density at radius 3 is 2.27 bits per heavy atom. The molecule has 3 aromatic carbocycles. The molecule has 1 aliphatic rings. The minimum Gasteiger partial charge on any atom is -0.350 e. The number of amides is 2. The van der Waals surface area contributed by atoms with Gasteiger partial charge in [-0.3, -0.25) is 9.59 Å². The van der Waals surface area contributed by atoms with E-state index in [2.05, 4.69) is 5.32 Å². The van der Waals surface area contributed by atoms with Gasteiger partial charge in [-0.1, -0.05) is 59.2 Å². The van der Waals surface area contributed by atoms with Gasteiger partial charge in [-0.05, 0) is 61.0 Å². The summed E-state index contributed by atoms with van der Waals surface area (Å²) in [7, 11) is 0. The number of carbonyl (C=O) groups excluding carboxylic acids is 2. The number of anilines is 2. The van der Waals surface area contributed by atoms with Gasteiger partial charge in [0.1, 0.15) is 10.6 Å². The van der Waals surface area contributed by atoms with E-state index in [1.54, 1.807) is 36.4 Å². The maximum absolute atomic E-state index is 13.3. The van der Waals surface area contributed by atoms with E-state index in [9.17, 15) is 9.59 Å². The van der Waals surface area contributed by atoms with Crippen molar-refractivity contribution in [2.24, 2.45) is 0 Å². The van der Waals surface area contributed by atoms with Crippen LogP contribution in [0.2, 0.25) is 10.0 Å². The first-order valence-corrected chi connectivity index (χ1v) is 10.7. The van der Waals surface area contributed by atoms with Crippen molar-refractivity contribution < 1.29 is 9.59 Å². The molecule has 0 radical (unpaired) electrons. The van der Waals surface area contributed by atoms with Crippen molar-refractivity contribution in [3.63, 3.8) is 0 Å². The molecule has 30 heavy (non-hydrogen) atoms. The first kappa shape index (κ1) is 20.5. The third-order valence-electron chi connectivity index (χ3n) is 4.55. The predicted octanol–water partition coefficient (Wildman–Crippen LogP) is 6.29. The van der Waals surface area contributed by atoms with Crippen LogP contribution in [0.3, 0.4) is 0 Å². The van der Waals surface area contributed by atoms with E-state index >= 15 is 0 Å². The van der Waals surface area contributed by atoms with Gasteiger partial charge in [0.05, 0.1) is 5.69 Å². The summed E-state index contributed by atoms with van der Waals surface area (Å²) in [6.45, 7) is 1.94. The van der Waals surface area contributed by atoms with Crippen molar-refractivity contribution in [2.75, 3.05) is 10.2 Å². The van der Waals surface area contributed by atoms with Crippen LogP contribution in [0.15, 0.2) is 88.3 Å². The van der Waals surface area contributed by atoms with Crippen LogP contribution in [0.25, 0.3) is 0 Å². The number of carbonyl (C=O) groups is 2. The number of para-hydroxylation sites is 1. The Labute approximate surface area is 188 Å². The zero-order valence-electron chi connectivity index (χ0n) is 15.9. The van der Waals surface area contributed by atoms with Crippen LogP contribution in [-0.2, 0) is 9.59 Å². The lowest BCUT2D eigenvalue weighted by Crippen LogP contribution is -2.32. The number of hydrogen-bond acceptors (Lipinski definition) is 4. The van der Waals surface area contributed by atoms with Gasteiger partial charge in [-0.2, -0.15) is 0 Å². The van der Waals surface area contributed by atoms with Gasteiger partial charge in [0.15, 0.2) is 0 Å². The SMILES string of the molecule is Cc1ccccc1NC1=C(Sc2ccc(Cl)cc2)C(=O)N(c2cccc(Cl)c2)C1=O. The maximum Gasteiger partial charge on any atom is 0.283 e. The number of thioether (sulfide) groups is 1. The molecule has 2 amide bonds. The summed E-state index contributed by atoms with van der Waals surface area (Å²) >= 11 is 13.3. The van der Waals surface area contributed by atoms with Crippen molar-refractivity contribution in [3.8, 4) is 0 Å². The molecule has 0 spiro atoms. The second-order valence-electron chi connectivity index (χ2n) is 6.63. The lowest BCUT2D eigenvalue weighted by molar-refractivity contribution is -0.120. The molecule has 0 unspecified atom stereocenters. The lowest BCUT2D eigenvalue weighted by atomic mass is 10.2. The normalized spacial score (nSPS) is 13.9. The molecule has 0 atom stereocenters. The van der Waals surface area contributed by atoms with Crippen LogP contribution in [0, 0.1) is 6.92 Å². The van der Waals surface area contributed by atoms with Crippen LogP contribution in [-0.4, -0.2) is 11.8 Å². The average Bonchev–Trinajstić information content (AvgIpc) is 2.95. The second kappa shape index (κ2) is 8.56. The van der Waals surface area contributed by atoms with Gasteiger partial charge in [-0.25, -0.2) is 4.90 Å². The molecule has 3 aromatic rings. The van der Waals surface area contributed by atoms with E-state index in [0.717, 1.165) is 21.0 Å². The van der Waals surface area contributed by atoms with Gasteiger partial charge < -0.3 is 5.32 Å². The molecule has 0 aliphatic carbocycles. The Bertz CT molecular complexity index is 1180.